The molecule has 1 aromatic heterocycles. The monoisotopic (exact) mass is 687 g/mol. The summed E-state index contributed by atoms with van der Waals surface area (Å²) in [4.78, 5) is 75.3. The first kappa shape index (κ1) is 35.8. The molecule has 0 aliphatic carbocycles. The van der Waals surface area contributed by atoms with E-state index in [4.69, 9.17) is 9.47 Å². The molecule has 2 aliphatic heterocycles. The summed E-state index contributed by atoms with van der Waals surface area (Å²) in [7, 11) is -16.9. The van der Waals surface area contributed by atoms with Gasteiger partial charge < -0.3 is 54.8 Å². The number of aromatic nitrogens is 2. The maximum atomic E-state index is 12.6. The van der Waals surface area contributed by atoms with E-state index in [2.05, 4.69) is 17.9 Å². The number of aliphatic hydroxyl groups is 4. The average Bonchev–Trinajstić information content (AvgIpc) is 3.13. The smallest absolute Gasteiger partial charge is 0.394 e. The molecule has 0 spiro atoms. The molecule has 0 bridgehead atoms. The molecule has 246 valence electrons. The lowest BCUT2D eigenvalue weighted by atomic mass is 9.97. The van der Waals surface area contributed by atoms with Gasteiger partial charge in [0.05, 0.1) is 13.2 Å². The van der Waals surface area contributed by atoms with Crippen LogP contribution >= 0.6 is 23.5 Å². The molecule has 43 heavy (non-hydrogen) atoms. The number of H-pyrrole nitrogens is 1. The SMILES string of the molecule is CC(=O)NC1C(OP(=O)(O)OP(=O)(O)OCC2OC(n3ccc(=O)[nH]c3=O)C(O)C2O)OC(CO)C(O)C1OP(=O)(O)O. The molecule has 23 nitrogen and oxygen atoms in total. The lowest BCUT2D eigenvalue weighted by Crippen LogP contribution is -2.64. The normalized spacial score (nSPS) is 34.3. The van der Waals surface area contributed by atoms with Crippen molar-refractivity contribution in [1.29, 1.82) is 0 Å². The van der Waals surface area contributed by atoms with Crippen LogP contribution in [0.15, 0.2) is 21.9 Å². The van der Waals surface area contributed by atoms with E-state index in [1.54, 1.807) is 0 Å². The summed E-state index contributed by atoms with van der Waals surface area (Å²) >= 11 is 0. The van der Waals surface area contributed by atoms with Crippen molar-refractivity contribution in [2.24, 2.45) is 0 Å². The van der Waals surface area contributed by atoms with Crippen LogP contribution in [0.2, 0.25) is 0 Å². The quantitative estimate of drug-likeness (QED) is 0.0925. The van der Waals surface area contributed by atoms with Gasteiger partial charge in [-0.25, -0.2) is 18.5 Å². The van der Waals surface area contributed by atoms with Gasteiger partial charge in [-0.2, -0.15) is 4.31 Å². The molecule has 0 aromatic carbocycles. The zero-order chi connectivity index (χ0) is 32.5. The minimum atomic E-state index is -5.82. The zero-order valence-electron chi connectivity index (χ0n) is 21.5. The highest BCUT2D eigenvalue weighted by Crippen LogP contribution is 2.61. The summed E-state index contributed by atoms with van der Waals surface area (Å²) in [5, 5.41) is 42.2. The molecule has 2 saturated heterocycles. The van der Waals surface area contributed by atoms with Crippen LogP contribution in [-0.2, 0) is 45.8 Å². The molecule has 3 rings (SSSR count). The largest absolute Gasteiger partial charge is 0.483 e. The third-order valence-corrected chi connectivity index (χ3v) is 8.91. The third-order valence-electron chi connectivity index (χ3n) is 5.79. The summed E-state index contributed by atoms with van der Waals surface area (Å²) in [5.41, 5.74) is -1.81. The Bertz CT molecular complexity index is 1410. The lowest BCUT2D eigenvalue weighted by molar-refractivity contribution is -0.245. The number of aromatic amines is 1. The number of hydrogen-bond acceptors (Lipinski definition) is 16. The first-order valence-electron chi connectivity index (χ1n) is 11.7. The van der Waals surface area contributed by atoms with Gasteiger partial charge in [-0.05, 0) is 0 Å². The van der Waals surface area contributed by atoms with Crippen LogP contribution in [0, 0.1) is 0 Å². The Morgan fingerprint density at radius 3 is 2.21 bits per heavy atom. The Hall–Kier alpha value is -1.72. The number of amides is 1. The van der Waals surface area contributed by atoms with Crippen LogP contribution < -0.4 is 16.6 Å². The second-order valence-electron chi connectivity index (χ2n) is 8.99. The molecule has 0 saturated carbocycles. The highest BCUT2D eigenvalue weighted by molar-refractivity contribution is 7.61. The molecule has 11 unspecified atom stereocenters. The number of ether oxygens (including phenoxy) is 2. The predicted molar refractivity (Wildman–Crippen MR) is 131 cm³/mol. The Balaban J connectivity index is 1.72. The summed E-state index contributed by atoms with van der Waals surface area (Å²) in [6.07, 6.45) is -14.3. The van der Waals surface area contributed by atoms with Crippen LogP contribution in [-0.4, -0.2) is 118 Å². The van der Waals surface area contributed by atoms with Crippen LogP contribution in [0.5, 0.6) is 0 Å². The first-order valence-corrected chi connectivity index (χ1v) is 16.2. The van der Waals surface area contributed by atoms with E-state index in [0.717, 1.165) is 19.2 Å². The Morgan fingerprint density at radius 1 is 1.00 bits per heavy atom. The molecule has 2 aliphatic rings. The Kier molecular flexibility index (Phi) is 11.4. The zero-order valence-corrected chi connectivity index (χ0v) is 24.2. The minimum absolute atomic E-state index is 0.690. The van der Waals surface area contributed by atoms with Gasteiger partial charge in [0.2, 0.25) is 5.91 Å². The van der Waals surface area contributed by atoms with Crippen LogP contribution in [0.1, 0.15) is 13.2 Å². The number of hydrogen-bond donors (Lipinski definition) is 10. The lowest BCUT2D eigenvalue weighted by Gasteiger charge is -2.43. The van der Waals surface area contributed by atoms with E-state index in [0.29, 0.717) is 4.57 Å². The fourth-order valence-electron chi connectivity index (χ4n) is 4.03. The Morgan fingerprint density at radius 2 is 1.65 bits per heavy atom. The molecule has 3 heterocycles. The summed E-state index contributed by atoms with van der Waals surface area (Å²) in [6, 6.07) is -1.08. The topological polar surface area (TPSA) is 352 Å². The summed E-state index contributed by atoms with van der Waals surface area (Å²) in [5.74, 6) is -0.958. The Labute approximate surface area is 239 Å². The van der Waals surface area contributed by atoms with Gasteiger partial charge in [0.15, 0.2) is 12.5 Å². The number of carbonyl (C=O) groups excluding carboxylic acids is 1. The van der Waals surface area contributed by atoms with E-state index >= 15 is 0 Å². The highest BCUT2D eigenvalue weighted by Gasteiger charge is 2.52. The first-order chi connectivity index (χ1) is 19.7. The van der Waals surface area contributed by atoms with Crippen molar-refractivity contribution in [2.75, 3.05) is 13.2 Å². The van der Waals surface area contributed by atoms with Crippen LogP contribution in [0.25, 0.3) is 0 Å². The molecule has 1 amide bonds. The molecule has 0 radical (unpaired) electrons. The van der Waals surface area contributed by atoms with Crippen molar-refractivity contribution in [2.45, 2.75) is 62.1 Å². The minimum Gasteiger partial charge on any atom is -0.394 e. The highest BCUT2D eigenvalue weighted by atomic mass is 31.3. The molecular formula is C17H28N3O20P3. The van der Waals surface area contributed by atoms with E-state index < -0.39 is 109 Å². The van der Waals surface area contributed by atoms with Gasteiger partial charge >= 0.3 is 29.2 Å². The van der Waals surface area contributed by atoms with Gasteiger partial charge in [0.1, 0.15) is 42.7 Å². The number of rotatable bonds is 12. The predicted octanol–water partition coefficient (Wildman–Crippen LogP) is -4.53. The van der Waals surface area contributed by atoms with E-state index in [1.165, 1.54) is 0 Å². The number of nitrogens with one attached hydrogen (secondary N) is 2. The third kappa shape index (κ3) is 9.39. The second kappa shape index (κ2) is 13.7. The second-order valence-corrected chi connectivity index (χ2v) is 13.2. The van der Waals surface area contributed by atoms with E-state index in [1.807, 2.05) is 10.3 Å². The van der Waals surface area contributed by atoms with Crippen LogP contribution in [0.4, 0.5) is 0 Å². The molecular weight excluding hydrogens is 659 g/mol. The number of phosphoric acid groups is 3. The molecule has 2 fully saturated rings. The van der Waals surface area contributed by atoms with Gasteiger partial charge in [-0.1, -0.05) is 0 Å². The van der Waals surface area contributed by atoms with E-state index in [-0.39, 0.29) is 0 Å². The fourth-order valence-corrected chi connectivity index (χ4v) is 6.76. The van der Waals surface area contributed by atoms with Gasteiger partial charge in [-0.3, -0.25) is 32.7 Å². The van der Waals surface area contributed by atoms with E-state index in [9.17, 15) is 68.1 Å². The van der Waals surface area contributed by atoms with Crippen molar-refractivity contribution in [3.05, 3.63) is 33.1 Å². The number of nitrogens with zero attached hydrogens (tertiary/aromatic N) is 1. The molecule has 10 N–H and O–H groups in total. The van der Waals surface area contributed by atoms with Crippen molar-refractivity contribution in [3.63, 3.8) is 0 Å². The van der Waals surface area contributed by atoms with Crippen molar-refractivity contribution < 1.29 is 85.8 Å². The number of carbonyl (C=O) groups is 1. The summed E-state index contributed by atoms with van der Waals surface area (Å²) in [6.45, 7) is -1.30. The number of aliphatic hydroxyl groups excluding tert-OH is 4. The van der Waals surface area contributed by atoms with Crippen molar-refractivity contribution >= 4 is 29.4 Å². The molecule has 11 atom stereocenters. The maximum absolute atomic E-state index is 12.6. The van der Waals surface area contributed by atoms with Gasteiger partial charge in [0, 0.05) is 19.2 Å². The van der Waals surface area contributed by atoms with Gasteiger partial charge in [0.25, 0.3) is 5.56 Å². The molecule has 26 heteroatoms. The van der Waals surface area contributed by atoms with Crippen molar-refractivity contribution in [1.82, 2.24) is 14.9 Å². The number of phosphoric ester groups is 3. The van der Waals surface area contributed by atoms with Crippen molar-refractivity contribution in [3.8, 4) is 0 Å². The van der Waals surface area contributed by atoms with Crippen LogP contribution in [0.3, 0.4) is 0 Å². The van der Waals surface area contributed by atoms with Gasteiger partial charge in [-0.15, -0.1) is 0 Å². The average molecular weight is 687 g/mol. The molecule has 1 aromatic rings. The fraction of sp³-hybridized carbons (Fsp3) is 0.706. The summed E-state index contributed by atoms with van der Waals surface area (Å²) < 4.78 is 65.3. The standard InChI is InChI=1S/C17H28N3O20P3/c1-6(22)18-10-14(38-41(28,29)30)12(25)7(4-21)37-16(10)39-43(33,34)40-42(31,32)35-5-8-11(24)13(26)15(36-8)20-3-2-9(23)19-17(20)27/h2-3,7-8,10-16,21,24-26H,4-5H2,1H3,(H,18,22)(H,31,32)(H,33,34)(H,19,23,27)(H2,28,29,30). The maximum Gasteiger partial charge on any atom is 0.483 e.